The third kappa shape index (κ3) is 4.99. The van der Waals surface area contributed by atoms with Crippen molar-refractivity contribution < 1.29 is 14.3 Å². The van der Waals surface area contributed by atoms with Gasteiger partial charge in [-0.05, 0) is 37.6 Å². The number of methoxy groups -OCH3 is 1. The lowest BCUT2D eigenvalue weighted by Gasteiger charge is -2.13. The van der Waals surface area contributed by atoms with Gasteiger partial charge in [-0.25, -0.2) is 0 Å². The minimum atomic E-state index is -0.264. The third-order valence-electron chi connectivity index (χ3n) is 2.82. The van der Waals surface area contributed by atoms with Gasteiger partial charge in [0, 0.05) is 30.8 Å². The highest BCUT2D eigenvalue weighted by Crippen LogP contribution is 2.09. The van der Waals surface area contributed by atoms with Gasteiger partial charge in [-0.1, -0.05) is 0 Å². The van der Waals surface area contributed by atoms with E-state index in [0.717, 1.165) is 5.69 Å². The SMILES string of the molecule is CNc1ccc(C(=O)NC(C)CCC(=O)OC)cc1. The molecule has 0 radical (unpaired) electrons. The van der Waals surface area contributed by atoms with Crippen LogP contribution in [0.2, 0.25) is 0 Å². The molecule has 1 unspecified atom stereocenters. The first-order valence-corrected chi connectivity index (χ1v) is 6.22. The lowest BCUT2D eigenvalue weighted by atomic mass is 10.1. The molecule has 2 N–H and O–H groups in total. The normalized spacial score (nSPS) is 11.5. The first-order valence-electron chi connectivity index (χ1n) is 6.22. The first kappa shape index (κ1) is 15.0. The summed E-state index contributed by atoms with van der Waals surface area (Å²) in [5.74, 6) is -0.403. The molecule has 0 bridgehead atoms. The number of nitrogens with one attached hydrogen (secondary N) is 2. The highest BCUT2D eigenvalue weighted by atomic mass is 16.5. The number of rotatable bonds is 6. The minimum Gasteiger partial charge on any atom is -0.469 e. The van der Waals surface area contributed by atoms with Gasteiger partial charge in [0.05, 0.1) is 7.11 Å². The second-order valence-electron chi connectivity index (χ2n) is 4.32. The lowest BCUT2D eigenvalue weighted by molar-refractivity contribution is -0.140. The van der Waals surface area contributed by atoms with Crippen molar-refractivity contribution in [2.24, 2.45) is 0 Å². The summed E-state index contributed by atoms with van der Waals surface area (Å²) in [6.07, 6.45) is 0.865. The maximum atomic E-state index is 11.9. The molecule has 0 heterocycles. The average Bonchev–Trinajstić information content (AvgIpc) is 2.44. The van der Waals surface area contributed by atoms with Crippen LogP contribution < -0.4 is 10.6 Å². The third-order valence-corrected chi connectivity index (χ3v) is 2.82. The van der Waals surface area contributed by atoms with Crippen molar-refractivity contribution in [1.29, 1.82) is 0 Å². The van der Waals surface area contributed by atoms with Crippen LogP contribution in [0.15, 0.2) is 24.3 Å². The molecule has 0 aliphatic heterocycles. The van der Waals surface area contributed by atoms with Gasteiger partial charge in [-0.15, -0.1) is 0 Å². The fraction of sp³-hybridized carbons (Fsp3) is 0.429. The van der Waals surface area contributed by atoms with Crippen molar-refractivity contribution in [2.75, 3.05) is 19.5 Å². The molecule has 5 heteroatoms. The number of ether oxygens (including phenoxy) is 1. The van der Waals surface area contributed by atoms with Crippen molar-refractivity contribution in [1.82, 2.24) is 5.32 Å². The molecule has 0 fully saturated rings. The topological polar surface area (TPSA) is 67.4 Å². The molecule has 1 aromatic rings. The predicted octanol–water partition coefficient (Wildman–Crippen LogP) is 1.80. The van der Waals surface area contributed by atoms with Gasteiger partial charge in [0.2, 0.25) is 0 Å². The largest absolute Gasteiger partial charge is 0.469 e. The Kier molecular flexibility index (Phi) is 5.85. The zero-order valence-corrected chi connectivity index (χ0v) is 11.5. The Morgan fingerprint density at radius 1 is 1.26 bits per heavy atom. The lowest BCUT2D eigenvalue weighted by Crippen LogP contribution is -2.33. The molecule has 1 aromatic carbocycles. The Morgan fingerprint density at radius 2 is 1.89 bits per heavy atom. The fourth-order valence-electron chi connectivity index (χ4n) is 1.60. The fourth-order valence-corrected chi connectivity index (χ4v) is 1.60. The van der Waals surface area contributed by atoms with Crippen LogP contribution in [0.5, 0.6) is 0 Å². The smallest absolute Gasteiger partial charge is 0.305 e. The summed E-state index contributed by atoms with van der Waals surface area (Å²) in [6.45, 7) is 1.86. The van der Waals surface area contributed by atoms with E-state index in [0.29, 0.717) is 18.4 Å². The van der Waals surface area contributed by atoms with Crippen molar-refractivity contribution in [3.63, 3.8) is 0 Å². The zero-order chi connectivity index (χ0) is 14.3. The first-order chi connectivity index (χ1) is 9.06. The summed E-state index contributed by atoms with van der Waals surface area (Å²) in [4.78, 5) is 22.9. The molecule has 19 heavy (non-hydrogen) atoms. The van der Waals surface area contributed by atoms with Crippen LogP contribution in [0.4, 0.5) is 5.69 Å². The zero-order valence-electron chi connectivity index (χ0n) is 11.5. The number of esters is 1. The van der Waals surface area contributed by atoms with Crippen LogP contribution in [-0.2, 0) is 9.53 Å². The monoisotopic (exact) mass is 264 g/mol. The van der Waals surface area contributed by atoms with Crippen LogP contribution in [0.25, 0.3) is 0 Å². The summed E-state index contributed by atoms with van der Waals surface area (Å²) in [6, 6.07) is 7.13. The van der Waals surface area contributed by atoms with E-state index in [-0.39, 0.29) is 17.9 Å². The number of hydrogen-bond acceptors (Lipinski definition) is 4. The van der Waals surface area contributed by atoms with Gasteiger partial charge in [0.25, 0.3) is 5.91 Å². The number of anilines is 1. The summed E-state index contributed by atoms with van der Waals surface area (Å²) in [5, 5.41) is 5.84. The maximum Gasteiger partial charge on any atom is 0.305 e. The van der Waals surface area contributed by atoms with Crippen LogP contribution in [-0.4, -0.2) is 32.1 Å². The quantitative estimate of drug-likeness (QED) is 0.769. The predicted molar refractivity (Wildman–Crippen MR) is 74.2 cm³/mol. The summed E-state index contributed by atoms with van der Waals surface area (Å²) in [5.41, 5.74) is 1.55. The van der Waals surface area contributed by atoms with E-state index in [2.05, 4.69) is 15.4 Å². The Hall–Kier alpha value is -2.04. The number of carbonyl (C=O) groups is 2. The van der Waals surface area contributed by atoms with E-state index in [1.165, 1.54) is 7.11 Å². The van der Waals surface area contributed by atoms with Crippen LogP contribution in [0.3, 0.4) is 0 Å². The Labute approximate surface area is 113 Å². The molecule has 0 aromatic heterocycles. The number of benzene rings is 1. The van der Waals surface area contributed by atoms with Gasteiger partial charge in [0.15, 0.2) is 0 Å². The average molecular weight is 264 g/mol. The Bertz CT molecular complexity index is 429. The number of amides is 1. The van der Waals surface area contributed by atoms with E-state index in [1.807, 2.05) is 26.1 Å². The summed E-state index contributed by atoms with van der Waals surface area (Å²) < 4.78 is 4.56. The van der Waals surface area contributed by atoms with Crippen LogP contribution in [0, 0.1) is 0 Å². The number of carbonyl (C=O) groups excluding carboxylic acids is 2. The van der Waals surface area contributed by atoms with Crippen molar-refractivity contribution >= 4 is 17.6 Å². The van der Waals surface area contributed by atoms with Crippen LogP contribution in [0.1, 0.15) is 30.1 Å². The van der Waals surface area contributed by atoms with E-state index in [4.69, 9.17) is 0 Å². The molecule has 0 spiro atoms. The van der Waals surface area contributed by atoms with Gasteiger partial charge < -0.3 is 15.4 Å². The molecule has 104 valence electrons. The van der Waals surface area contributed by atoms with E-state index < -0.39 is 0 Å². The Balaban J connectivity index is 2.46. The van der Waals surface area contributed by atoms with Gasteiger partial charge in [-0.3, -0.25) is 9.59 Å². The number of hydrogen-bond donors (Lipinski definition) is 2. The molecule has 0 saturated carbocycles. The molecule has 0 aliphatic carbocycles. The highest BCUT2D eigenvalue weighted by molar-refractivity contribution is 5.94. The maximum absolute atomic E-state index is 11.9. The molecule has 1 amide bonds. The van der Waals surface area contributed by atoms with Crippen molar-refractivity contribution in [2.45, 2.75) is 25.8 Å². The highest BCUT2D eigenvalue weighted by Gasteiger charge is 2.11. The van der Waals surface area contributed by atoms with Gasteiger partial charge >= 0.3 is 5.97 Å². The van der Waals surface area contributed by atoms with Gasteiger partial charge in [0.1, 0.15) is 0 Å². The van der Waals surface area contributed by atoms with E-state index in [1.54, 1.807) is 12.1 Å². The molecule has 0 aliphatic rings. The van der Waals surface area contributed by atoms with Crippen molar-refractivity contribution in [3.05, 3.63) is 29.8 Å². The second-order valence-corrected chi connectivity index (χ2v) is 4.32. The summed E-state index contributed by atoms with van der Waals surface area (Å²) >= 11 is 0. The molecule has 0 saturated heterocycles. The molecule has 5 nitrogen and oxygen atoms in total. The molecular weight excluding hydrogens is 244 g/mol. The molecule has 1 atom stereocenters. The van der Waals surface area contributed by atoms with E-state index >= 15 is 0 Å². The van der Waals surface area contributed by atoms with E-state index in [9.17, 15) is 9.59 Å². The Morgan fingerprint density at radius 3 is 2.42 bits per heavy atom. The summed E-state index contributed by atoms with van der Waals surface area (Å²) in [7, 11) is 3.18. The van der Waals surface area contributed by atoms with Crippen LogP contribution >= 0.6 is 0 Å². The molecule has 1 rings (SSSR count). The minimum absolute atomic E-state index is 0.0735. The van der Waals surface area contributed by atoms with Crippen molar-refractivity contribution in [3.8, 4) is 0 Å². The second kappa shape index (κ2) is 7.41. The standard InChI is InChI=1S/C14H20N2O3/c1-10(4-9-13(17)19-3)16-14(18)11-5-7-12(15-2)8-6-11/h5-8,10,15H,4,9H2,1-3H3,(H,16,18). The van der Waals surface area contributed by atoms with Gasteiger partial charge in [-0.2, -0.15) is 0 Å². The molecular formula is C14H20N2O3.